The summed E-state index contributed by atoms with van der Waals surface area (Å²) >= 11 is 0. The van der Waals surface area contributed by atoms with Crippen molar-refractivity contribution in [1.82, 2.24) is 4.90 Å². The summed E-state index contributed by atoms with van der Waals surface area (Å²) in [7, 11) is 0. The number of rotatable bonds is 2. The topological polar surface area (TPSA) is 88.2 Å². The molecular formula is C13H23N3O3. The van der Waals surface area contributed by atoms with E-state index >= 15 is 0 Å². The molecule has 0 spiro atoms. The molecule has 0 aromatic carbocycles. The smallest absolute Gasteiger partial charge is 0.236 e. The first kappa shape index (κ1) is 14.1. The van der Waals surface area contributed by atoms with Crippen molar-refractivity contribution in [3.05, 3.63) is 0 Å². The molecule has 6 heteroatoms. The Morgan fingerprint density at radius 2 is 1.84 bits per heavy atom. The van der Waals surface area contributed by atoms with Crippen molar-refractivity contribution in [2.75, 3.05) is 13.1 Å². The van der Waals surface area contributed by atoms with Gasteiger partial charge in [0, 0.05) is 13.1 Å². The number of morpholine rings is 1. The summed E-state index contributed by atoms with van der Waals surface area (Å²) in [5, 5.41) is 12.0. The van der Waals surface area contributed by atoms with E-state index in [1.54, 1.807) is 4.90 Å². The second-order valence-electron chi connectivity index (χ2n) is 6.05. The van der Waals surface area contributed by atoms with Crippen LogP contribution in [-0.4, -0.2) is 47.1 Å². The fourth-order valence-electron chi connectivity index (χ4n) is 3.37. The van der Waals surface area contributed by atoms with E-state index in [0.717, 1.165) is 0 Å². The van der Waals surface area contributed by atoms with Crippen LogP contribution in [0.3, 0.4) is 0 Å². The standard InChI is InChI=1S/C13H23N3O3/c1-8-4-13(5-8,11(14)15-18)12(17)16-6-9(2)19-10(3)7-16/h8-10,18H,4-7H2,1-3H3,(H2,14,15). The Kier molecular flexibility index (Phi) is 3.71. The maximum atomic E-state index is 12.7. The number of oxime groups is 1. The third-order valence-electron chi connectivity index (χ3n) is 4.11. The van der Waals surface area contributed by atoms with Gasteiger partial charge in [0.1, 0.15) is 5.41 Å². The van der Waals surface area contributed by atoms with Crippen LogP contribution in [0.15, 0.2) is 5.16 Å². The van der Waals surface area contributed by atoms with E-state index in [0.29, 0.717) is 31.8 Å². The number of carbonyl (C=O) groups excluding carboxylic acids is 1. The van der Waals surface area contributed by atoms with Crippen molar-refractivity contribution in [2.24, 2.45) is 22.2 Å². The van der Waals surface area contributed by atoms with Crippen LogP contribution in [0.1, 0.15) is 33.6 Å². The lowest BCUT2D eigenvalue weighted by Gasteiger charge is -2.48. The summed E-state index contributed by atoms with van der Waals surface area (Å²) in [6, 6.07) is 0. The average molecular weight is 269 g/mol. The number of amides is 1. The lowest BCUT2D eigenvalue weighted by atomic mass is 9.61. The van der Waals surface area contributed by atoms with Crippen LogP contribution >= 0.6 is 0 Å². The molecule has 2 fully saturated rings. The zero-order valence-electron chi connectivity index (χ0n) is 11.8. The molecule has 0 radical (unpaired) electrons. The molecule has 0 bridgehead atoms. The fraction of sp³-hybridized carbons (Fsp3) is 0.846. The number of ether oxygens (including phenoxy) is 1. The Hall–Kier alpha value is -1.30. The average Bonchev–Trinajstić information content (AvgIpc) is 2.31. The largest absolute Gasteiger partial charge is 0.409 e. The lowest BCUT2D eigenvalue weighted by Crippen LogP contribution is -2.61. The Balaban J connectivity index is 2.17. The van der Waals surface area contributed by atoms with Crippen LogP contribution < -0.4 is 5.73 Å². The molecule has 2 rings (SSSR count). The van der Waals surface area contributed by atoms with Gasteiger partial charge in [-0.25, -0.2) is 0 Å². The van der Waals surface area contributed by atoms with Gasteiger partial charge in [0.25, 0.3) is 0 Å². The number of amidine groups is 1. The number of hydrogen-bond donors (Lipinski definition) is 2. The maximum Gasteiger partial charge on any atom is 0.236 e. The van der Waals surface area contributed by atoms with Crippen LogP contribution in [0.2, 0.25) is 0 Å². The Labute approximate surface area is 113 Å². The molecule has 6 nitrogen and oxygen atoms in total. The first-order valence-electron chi connectivity index (χ1n) is 6.82. The van der Waals surface area contributed by atoms with Gasteiger partial charge >= 0.3 is 0 Å². The minimum Gasteiger partial charge on any atom is -0.409 e. The van der Waals surface area contributed by atoms with E-state index in [9.17, 15) is 4.79 Å². The van der Waals surface area contributed by atoms with Gasteiger partial charge in [-0.2, -0.15) is 0 Å². The van der Waals surface area contributed by atoms with E-state index in [-0.39, 0.29) is 24.0 Å². The molecule has 2 aliphatic rings. The summed E-state index contributed by atoms with van der Waals surface area (Å²) in [6.07, 6.45) is 1.35. The summed E-state index contributed by atoms with van der Waals surface area (Å²) in [6.45, 7) is 7.11. The second kappa shape index (κ2) is 5.00. The van der Waals surface area contributed by atoms with Crippen LogP contribution in [0.5, 0.6) is 0 Å². The van der Waals surface area contributed by atoms with E-state index in [1.165, 1.54) is 0 Å². The highest BCUT2D eigenvalue weighted by Crippen LogP contribution is 2.47. The first-order chi connectivity index (χ1) is 8.89. The minimum atomic E-state index is -0.801. The van der Waals surface area contributed by atoms with Crippen molar-refractivity contribution in [3.63, 3.8) is 0 Å². The number of nitrogens with two attached hydrogens (primary N) is 1. The number of nitrogens with zero attached hydrogens (tertiary/aromatic N) is 2. The summed E-state index contributed by atoms with van der Waals surface area (Å²) in [5.41, 5.74) is 4.97. The molecule has 1 saturated carbocycles. The highest BCUT2D eigenvalue weighted by molar-refractivity contribution is 6.07. The predicted molar refractivity (Wildman–Crippen MR) is 70.8 cm³/mol. The SMILES string of the molecule is CC1CC(C(=O)N2CC(C)OC(C)C2)(C(N)=NO)C1. The van der Waals surface area contributed by atoms with Gasteiger partial charge in [0.15, 0.2) is 5.84 Å². The number of hydrogen-bond acceptors (Lipinski definition) is 4. The van der Waals surface area contributed by atoms with E-state index in [4.69, 9.17) is 15.7 Å². The van der Waals surface area contributed by atoms with Crippen LogP contribution in [-0.2, 0) is 9.53 Å². The highest BCUT2D eigenvalue weighted by Gasteiger charge is 2.54. The van der Waals surface area contributed by atoms with Gasteiger partial charge in [0.05, 0.1) is 12.2 Å². The van der Waals surface area contributed by atoms with Gasteiger partial charge in [0.2, 0.25) is 5.91 Å². The summed E-state index contributed by atoms with van der Waals surface area (Å²) < 4.78 is 5.63. The summed E-state index contributed by atoms with van der Waals surface area (Å²) in [5.74, 6) is 0.449. The van der Waals surface area contributed by atoms with E-state index < -0.39 is 5.41 Å². The van der Waals surface area contributed by atoms with Crippen molar-refractivity contribution in [1.29, 1.82) is 0 Å². The molecule has 0 aromatic heterocycles. The second-order valence-corrected chi connectivity index (χ2v) is 6.05. The quantitative estimate of drug-likeness (QED) is 0.336. The predicted octanol–water partition coefficient (Wildman–Crippen LogP) is 0.785. The Bertz CT molecular complexity index is 381. The van der Waals surface area contributed by atoms with Crippen LogP contribution in [0.4, 0.5) is 0 Å². The molecule has 19 heavy (non-hydrogen) atoms. The lowest BCUT2D eigenvalue weighted by molar-refractivity contribution is -0.155. The van der Waals surface area contributed by atoms with Crippen molar-refractivity contribution in [2.45, 2.75) is 45.8 Å². The van der Waals surface area contributed by atoms with Gasteiger partial charge < -0.3 is 20.6 Å². The van der Waals surface area contributed by atoms with Gasteiger partial charge in [-0.3, -0.25) is 4.79 Å². The van der Waals surface area contributed by atoms with Crippen molar-refractivity contribution < 1.29 is 14.7 Å². The van der Waals surface area contributed by atoms with Gasteiger partial charge in [-0.1, -0.05) is 12.1 Å². The zero-order valence-corrected chi connectivity index (χ0v) is 11.8. The Morgan fingerprint density at radius 3 is 2.26 bits per heavy atom. The molecule has 1 amide bonds. The molecule has 1 aliphatic carbocycles. The molecular weight excluding hydrogens is 246 g/mol. The molecule has 108 valence electrons. The first-order valence-corrected chi connectivity index (χ1v) is 6.82. The van der Waals surface area contributed by atoms with Gasteiger partial charge in [-0.05, 0) is 32.6 Å². The van der Waals surface area contributed by atoms with Gasteiger partial charge in [-0.15, -0.1) is 0 Å². The molecule has 2 unspecified atom stereocenters. The molecule has 1 aliphatic heterocycles. The maximum absolute atomic E-state index is 12.7. The molecule has 1 saturated heterocycles. The van der Waals surface area contributed by atoms with E-state index in [2.05, 4.69) is 12.1 Å². The fourth-order valence-corrected chi connectivity index (χ4v) is 3.37. The third-order valence-corrected chi connectivity index (χ3v) is 4.11. The molecule has 1 heterocycles. The molecule has 2 atom stereocenters. The third kappa shape index (κ3) is 2.41. The van der Waals surface area contributed by atoms with Crippen LogP contribution in [0, 0.1) is 11.3 Å². The van der Waals surface area contributed by atoms with Crippen molar-refractivity contribution in [3.8, 4) is 0 Å². The summed E-state index contributed by atoms with van der Waals surface area (Å²) in [4.78, 5) is 14.5. The molecule has 3 N–H and O–H groups in total. The highest BCUT2D eigenvalue weighted by atomic mass is 16.5. The normalized spacial score (nSPS) is 39.8. The van der Waals surface area contributed by atoms with E-state index in [1.807, 2.05) is 13.8 Å². The monoisotopic (exact) mass is 269 g/mol. The van der Waals surface area contributed by atoms with Crippen LogP contribution in [0.25, 0.3) is 0 Å². The number of carbonyl (C=O) groups is 1. The van der Waals surface area contributed by atoms with Crippen molar-refractivity contribution >= 4 is 11.7 Å². The molecule has 0 aromatic rings. The minimum absolute atomic E-state index is 0.0227. The Morgan fingerprint density at radius 1 is 1.32 bits per heavy atom. The zero-order chi connectivity index (χ0) is 14.2.